The van der Waals surface area contributed by atoms with Crippen LogP contribution in [0.25, 0.3) is 10.8 Å². The van der Waals surface area contributed by atoms with Crippen molar-refractivity contribution >= 4 is 34.4 Å². The third-order valence-electron chi connectivity index (χ3n) is 15.8. The number of carbonyl (C=O) groups is 2. The fourth-order valence-electron chi connectivity index (χ4n) is 12.1. The zero-order valence-electron chi connectivity index (χ0n) is 44.8. The summed E-state index contributed by atoms with van der Waals surface area (Å²) in [6, 6.07) is 32.8. The van der Waals surface area contributed by atoms with E-state index in [1.54, 1.807) is 36.4 Å². The Balaban J connectivity index is 1.30. The number of aliphatic hydroxyl groups is 2. The van der Waals surface area contributed by atoms with Gasteiger partial charge in [0.05, 0.1) is 23.2 Å². The molecule has 13 nitrogen and oxygen atoms in total. The Morgan fingerprint density at radius 2 is 1.56 bits per heavy atom. The maximum atomic E-state index is 15.6. The van der Waals surface area contributed by atoms with Gasteiger partial charge in [0, 0.05) is 61.8 Å². The van der Waals surface area contributed by atoms with Gasteiger partial charge in [0.1, 0.15) is 36.2 Å². The summed E-state index contributed by atoms with van der Waals surface area (Å²) in [5.74, 6) is -0.746. The third-order valence-corrected chi connectivity index (χ3v) is 15.8. The van der Waals surface area contributed by atoms with Gasteiger partial charge in [0.2, 0.25) is 11.7 Å². The summed E-state index contributed by atoms with van der Waals surface area (Å²) in [5, 5.41) is 39.0. The quantitative estimate of drug-likeness (QED) is 0.0143. The van der Waals surface area contributed by atoms with Crippen molar-refractivity contribution in [2.24, 2.45) is 22.9 Å². The van der Waals surface area contributed by atoms with Crippen LogP contribution < -0.4 is 9.47 Å². The predicted molar refractivity (Wildman–Crippen MR) is 301 cm³/mol. The number of aliphatic hydroxyl groups excluding tert-OH is 2. The van der Waals surface area contributed by atoms with Gasteiger partial charge in [-0.15, -0.1) is 6.58 Å². The lowest BCUT2D eigenvalue weighted by Crippen LogP contribution is -2.70. The number of hydrogen-bond donors (Lipinski definition) is 2. The lowest BCUT2D eigenvalue weighted by atomic mass is 9.55. The lowest BCUT2D eigenvalue weighted by Gasteiger charge is -2.60. The Kier molecular flexibility index (Phi) is 20.6. The van der Waals surface area contributed by atoms with Gasteiger partial charge < -0.3 is 34.2 Å². The van der Waals surface area contributed by atoms with Crippen molar-refractivity contribution in [2.45, 2.75) is 147 Å². The Morgan fingerprint density at radius 3 is 2.30 bits per heavy atom. The highest BCUT2D eigenvalue weighted by Gasteiger charge is 2.65. The minimum atomic E-state index is -1.49. The summed E-state index contributed by atoms with van der Waals surface area (Å²) in [6.07, 6.45) is 19.7. The van der Waals surface area contributed by atoms with Gasteiger partial charge in [-0.05, 0) is 114 Å². The average molecular weight is 1050 g/mol. The molecule has 0 aromatic heterocycles. The van der Waals surface area contributed by atoms with E-state index in [0.29, 0.717) is 53.3 Å². The molecule has 1 heterocycles. The predicted octanol–water partition coefficient (Wildman–Crippen LogP) is 14.1. The van der Waals surface area contributed by atoms with E-state index < -0.39 is 22.7 Å². The Labute approximate surface area is 454 Å². The van der Waals surface area contributed by atoms with E-state index in [-0.39, 0.29) is 68.7 Å². The molecule has 1 aliphatic heterocycles. The van der Waals surface area contributed by atoms with Crippen molar-refractivity contribution in [1.29, 1.82) is 0 Å². The number of fused-ring (bicyclic) bond motifs is 3. The number of hydrogen-bond acceptors (Lipinski definition) is 11. The molecule has 2 N–H and O–H groups in total. The SMILES string of the molecule is C=CCOC12Oc3ccc(Oc4cccc(C=O)c4)cc3C3C(CCCCO)C(CCCCO)C=C(C(=NOCc4ccc([N+](=O)[O-])cc4)CC1N(Cc1cccc4ccccc14)C(=O)CCCCCCCCCCC)C32. The Bertz CT molecular complexity index is 2820. The van der Waals surface area contributed by atoms with Crippen LogP contribution in [0.3, 0.4) is 0 Å². The van der Waals surface area contributed by atoms with Gasteiger partial charge in [-0.1, -0.05) is 143 Å². The van der Waals surface area contributed by atoms with Crippen LogP contribution in [0.15, 0.2) is 139 Å². The van der Waals surface area contributed by atoms with Crippen LogP contribution in [0.2, 0.25) is 0 Å². The molecule has 2 aliphatic carbocycles. The second kappa shape index (κ2) is 28.1. The fourth-order valence-corrected chi connectivity index (χ4v) is 12.1. The zero-order chi connectivity index (χ0) is 54.0. The van der Waals surface area contributed by atoms with Gasteiger partial charge in [-0.25, -0.2) is 0 Å². The molecule has 13 heteroatoms. The van der Waals surface area contributed by atoms with E-state index in [9.17, 15) is 25.1 Å². The van der Waals surface area contributed by atoms with Crippen LogP contribution in [0.1, 0.15) is 149 Å². The number of non-ortho nitro benzene ring substituents is 1. The van der Waals surface area contributed by atoms with Crippen LogP contribution in [0, 0.1) is 27.9 Å². The minimum absolute atomic E-state index is 0.00937. The Morgan fingerprint density at radius 1 is 0.844 bits per heavy atom. The molecule has 1 saturated carbocycles. The normalized spacial score (nSPS) is 20.8. The van der Waals surface area contributed by atoms with Crippen molar-refractivity contribution < 1.29 is 43.8 Å². The first kappa shape index (κ1) is 56.5. The number of rotatable bonds is 31. The zero-order valence-corrected chi connectivity index (χ0v) is 44.8. The molecule has 5 aromatic rings. The van der Waals surface area contributed by atoms with Crippen molar-refractivity contribution in [2.75, 3.05) is 19.8 Å². The molecule has 6 atom stereocenters. The van der Waals surface area contributed by atoms with Crippen molar-refractivity contribution in [3.8, 4) is 17.2 Å². The molecule has 3 aliphatic rings. The summed E-state index contributed by atoms with van der Waals surface area (Å²) in [4.78, 5) is 46.9. The molecule has 8 rings (SSSR count). The van der Waals surface area contributed by atoms with Gasteiger partial charge in [0.15, 0.2) is 0 Å². The van der Waals surface area contributed by atoms with E-state index in [0.717, 1.165) is 85.1 Å². The highest BCUT2D eigenvalue weighted by molar-refractivity contribution is 6.03. The van der Waals surface area contributed by atoms with Gasteiger partial charge >= 0.3 is 0 Å². The summed E-state index contributed by atoms with van der Waals surface area (Å²) in [5.41, 5.74) is 4.59. The highest BCUT2D eigenvalue weighted by Crippen LogP contribution is 2.62. The second-order valence-electron chi connectivity index (χ2n) is 21.0. The van der Waals surface area contributed by atoms with Gasteiger partial charge in [-0.3, -0.25) is 19.7 Å². The number of nitro benzene ring substituents is 1. The van der Waals surface area contributed by atoms with Gasteiger partial charge in [0.25, 0.3) is 5.69 Å². The number of benzene rings is 5. The molecule has 0 radical (unpaired) electrons. The standard InChI is InChI=1S/C64H77N3O10/c1-3-5-6-7-8-9-10-11-12-29-61(71)66(43-50-25-20-24-48-22-13-14-27-54(48)50)60-42-58(65-75-45-46-30-32-51(33-31-46)67(72)73)56-40-49(23-15-17-36-68)55(28-16-18-37-69)62-57-41-53(76-52-26-19-21-47(39-52)44-70)34-35-59(57)77-64(60,63(56)62)74-38-4-2/h4,13-14,19-22,24-27,30-35,39-41,44,49,55,60,62-63,68-69H,2-3,5-12,15-18,23,28-29,36-38,42-43,45H2,1H3. The first-order chi connectivity index (χ1) is 37.7. The second-order valence-corrected chi connectivity index (χ2v) is 21.0. The summed E-state index contributed by atoms with van der Waals surface area (Å²) in [6.45, 7) is 6.90. The number of amides is 1. The third kappa shape index (κ3) is 13.9. The minimum Gasteiger partial charge on any atom is -0.459 e. The molecule has 77 heavy (non-hydrogen) atoms. The fraction of sp³-hybridized carbons (Fsp3) is 0.453. The van der Waals surface area contributed by atoms with Crippen molar-refractivity contribution in [3.63, 3.8) is 0 Å². The molecule has 0 saturated heterocycles. The van der Waals surface area contributed by atoms with Gasteiger partial charge in [-0.2, -0.15) is 0 Å². The number of nitrogens with zero attached hydrogens (tertiary/aromatic N) is 3. The topological polar surface area (TPSA) is 170 Å². The number of unbranched alkanes of at least 4 members (excludes halogenated alkanes) is 10. The molecular weight excluding hydrogens is 971 g/mol. The molecule has 1 amide bonds. The first-order valence-corrected chi connectivity index (χ1v) is 28.1. The molecule has 6 unspecified atom stereocenters. The molecular formula is C64H77N3O10. The number of carbonyl (C=O) groups excluding carboxylic acids is 2. The first-order valence-electron chi connectivity index (χ1n) is 28.1. The number of nitro groups is 1. The monoisotopic (exact) mass is 1050 g/mol. The number of aldehydes is 1. The number of ether oxygens (including phenoxy) is 3. The van der Waals surface area contributed by atoms with Crippen molar-refractivity contribution in [1.82, 2.24) is 4.90 Å². The average Bonchev–Trinajstić information content (AvgIpc) is 3.64. The largest absolute Gasteiger partial charge is 0.459 e. The van der Waals surface area contributed by atoms with Crippen LogP contribution in [0.4, 0.5) is 5.69 Å². The lowest BCUT2D eigenvalue weighted by molar-refractivity contribution is -0.384. The molecule has 0 bridgehead atoms. The maximum absolute atomic E-state index is 15.6. The Hall–Kier alpha value is -6.67. The van der Waals surface area contributed by atoms with Crippen LogP contribution >= 0.6 is 0 Å². The van der Waals surface area contributed by atoms with Crippen LogP contribution in [0.5, 0.6) is 17.2 Å². The van der Waals surface area contributed by atoms with Crippen molar-refractivity contribution in [3.05, 3.63) is 166 Å². The molecule has 408 valence electrons. The van der Waals surface area contributed by atoms with E-state index in [4.69, 9.17) is 24.2 Å². The highest BCUT2D eigenvalue weighted by atomic mass is 16.7. The molecule has 0 spiro atoms. The van der Waals surface area contributed by atoms with E-state index >= 15 is 4.79 Å². The van der Waals surface area contributed by atoms with E-state index in [2.05, 4.69) is 43.8 Å². The number of oxime groups is 1. The smallest absolute Gasteiger partial charge is 0.269 e. The van der Waals surface area contributed by atoms with E-state index in [1.807, 2.05) is 47.4 Å². The van der Waals surface area contributed by atoms with Crippen LogP contribution in [-0.4, -0.2) is 69.6 Å². The summed E-state index contributed by atoms with van der Waals surface area (Å²) < 4.78 is 21.5. The number of allylic oxidation sites excluding steroid dienone is 1. The maximum Gasteiger partial charge on any atom is 0.269 e. The summed E-state index contributed by atoms with van der Waals surface area (Å²) >= 11 is 0. The molecule has 1 fully saturated rings. The van der Waals surface area contributed by atoms with Crippen LogP contribution in [-0.2, 0) is 27.5 Å². The molecule has 5 aromatic carbocycles. The van der Waals surface area contributed by atoms with E-state index in [1.165, 1.54) is 44.2 Å². The summed E-state index contributed by atoms with van der Waals surface area (Å²) in [7, 11) is 0.